The summed E-state index contributed by atoms with van der Waals surface area (Å²) in [6, 6.07) is 0. The van der Waals surface area contributed by atoms with E-state index in [1.807, 2.05) is 0 Å². The van der Waals surface area contributed by atoms with Crippen molar-refractivity contribution in [2.75, 3.05) is 59.7 Å². The van der Waals surface area contributed by atoms with Crippen LogP contribution >= 0.6 is 0 Å². The molecule has 0 aromatic carbocycles. The van der Waals surface area contributed by atoms with E-state index in [-0.39, 0.29) is 11.9 Å². The lowest BCUT2D eigenvalue weighted by atomic mass is 10.3. The fourth-order valence-electron chi connectivity index (χ4n) is 1.82. The summed E-state index contributed by atoms with van der Waals surface area (Å²) < 4.78 is 29.9. The summed E-state index contributed by atoms with van der Waals surface area (Å²) in [5.74, 6) is 0.193. The summed E-state index contributed by atoms with van der Waals surface area (Å²) in [7, 11) is 2.15. The van der Waals surface area contributed by atoms with Crippen LogP contribution in [0, 0.1) is 0 Å². The van der Waals surface area contributed by atoms with Gasteiger partial charge in [-0.15, -0.1) is 0 Å². The Bertz CT molecular complexity index is 332. The maximum absolute atomic E-state index is 11.5. The number of hydrogen-bond donors (Lipinski definition) is 1. The van der Waals surface area contributed by atoms with Crippen LogP contribution in [0.4, 0.5) is 0 Å². The van der Waals surface area contributed by atoms with Crippen molar-refractivity contribution in [3.05, 3.63) is 0 Å². The second-order valence-corrected chi connectivity index (χ2v) is 7.21. The van der Waals surface area contributed by atoms with Crippen LogP contribution in [-0.2, 0) is 14.8 Å². The van der Waals surface area contributed by atoms with E-state index in [0.717, 1.165) is 26.2 Å². The lowest BCUT2D eigenvalue weighted by Gasteiger charge is -2.30. The van der Waals surface area contributed by atoms with E-state index in [1.165, 1.54) is 4.31 Å². The lowest BCUT2D eigenvalue weighted by molar-refractivity contribution is -0.0179. The van der Waals surface area contributed by atoms with Crippen molar-refractivity contribution in [2.24, 2.45) is 0 Å². The molecule has 0 aliphatic carbocycles. The predicted octanol–water partition coefficient (Wildman–Crippen LogP) is -0.812. The Morgan fingerprint density at radius 1 is 1.44 bits per heavy atom. The minimum absolute atomic E-state index is 0.193. The second-order valence-electron chi connectivity index (χ2n) is 4.91. The van der Waals surface area contributed by atoms with Crippen molar-refractivity contribution in [3.8, 4) is 0 Å². The molecule has 1 heterocycles. The van der Waals surface area contributed by atoms with Crippen LogP contribution < -0.4 is 5.32 Å². The third-order valence-electron chi connectivity index (χ3n) is 3.03. The molecule has 1 aliphatic heterocycles. The van der Waals surface area contributed by atoms with E-state index in [0.29, 0.717) is 13.0 Å². The van der Waals surface area contributed by atoms with Gasteiger partial charge in [-0.1, -0.05) is 0 Å². The van der Waals surface area contributed by atoms with Gasteiger partial charge in [0.05, 0.1) is 18.5 Å². The van der Waals surface area contributed by atoms with Crippen molar-refractivity contribution in [3.63, 3.8) is 0 Å². The number of hydrogen-bond acceptors (Lipinski definition) is 5. The molecule has 0 aromatic heterocycles. The fourth-order valence-corrected chi connectivity index (χ4v) is 2.69. The van der Waals surface area contributed by atoms with Crippen molar-refractivity contribution in [2.45, 2.75) is 12.5 Å². The van der Waals surface area contributed by atoms with Crippen molar-refractivity contribution in [1.82, 2.24) is 14.5 Å². The Morgan fingerprint density at radius 2 is 2.17 bits per heavy atom. The normalized spacial score (nSPS) is 22.6. The van der Waals surface area contributed by atoms with Crippen molar-refractivity contribution < 1.29 is 13.2 Å². The van der Waals surface area contributed by atoms with E-state index in [2.05, 4.69) is 17.3 Å². The third kappa shape index (κ3) is 5.62. The molecule has 0 saturated carbocycles. The molecular weight excluding hydrogens is 254 g/mol. The minimum Gasteiger partial charge on any atom is -0.374 e. The number of rotatable bonds is 7. The summed E-state index contributed by atoms with van der Waals surface area (Å²) in [6.07, 6.45) is 0.845. The quantitative estimate of drug-likeness (QED) is 0.618. The molecule has 108 valence electrons. The van der Waals surface area contributed by atoms with Gasteiger partial charge in [0.15, 0.2) is 0 Å². The molecule has 1 aliphatic rings. The summed E-state index contributed by atoms with van der Waals surface area (Å²) in [5, 5.41) is 3.25. The van der Waals surface area contributed by atoms with Gasteiger partial charge in [0.25, 0.3) is 0 Å². The van der Waals surface area contributed by atoms with Crippen LogP contribution in [-0.4, -0.2) is 83.4 Å². The molecule has 1 rings (SSSR count). The average molecular weight is 279 g/mol. The van der Waals surface area contributed by atoms with Crippen LogP contribution in [0.5, 0.6) is 0 Å². The average Bonchev–Trinajstić information content (AvgIpc) is 2.28. The molecule has 0 spiro atoms. The summed E-state index contributed by atoms with van der Waals surface area (Å²) in [5.41, 5.74) is 0. The Morgan fingerprint density at radius 3 is 2.78 bits per heavy atom. The maximum Gasteiger partial charge on any atom is 0.213 e. The highest BCUT2D eigenvalue weighted by molar-refractivity contribution is 7.89. The standard InChI is InChI=1S/C11H25N3O3S/c1-13(2)18(15,16)8-4-5-12-9-11-10-14(3)6-7-17-11/h11-12H,4-10H2,1-3H3/t11-/m1/s1. The third-order valence-corrected chi connectivity index (χ3v) is 4.94. The molecular formula is C11H25N3O3S. The SMILES string of the molecule is CN1CCO[C@H](CNCCCS(=O)(=O)N(C)C)C1. The van der Waals surface area contributed by atoms with Crippen LogP contribution in [0.15, 0.2) is 0 Å². The van der Waals surface area contributed by atoms with Gasteiger partial charge in [0.1, 0.15) is 0 Å². The zero-order valence-corrected chi connectivity index (χ0v) is 12.4. The Hall–Kier alpha value is -0.210. The summed E-state index contributed by atoms with van der Waals surface area (Å²) in [6.45, 7) is 4.18. The van der Waals surface area contributed by atoms with Crippen LogP contribution in [0.2, 0.25) is 0 Å². The van der Waals surface area contributed by atoms with E-state index >= 15 is 0 Å². The van der Waals surface area contributed by atoms with Crippen LogP contribution in [0.3, 0.4) is 0 Å². The van der Waals surface area contributed by atoms with Gasteiger partial charge < -0.3 is 15.0 Å². The molecule has 0 amide bonds. The minimum atomic E-state index is -3.06. The molecule has 18 heavy (non-hydrogen) atoms. The Balaban J connectivity index is 2.08. The van der Waals surface area contributed by atoms with Gasteiger partial charge in [-0.2, -0.15) is 0 Å². The van der Waals surface area contributed by atoms with Gasteiger partial charge in [-0.05, 0) is 20.0 Å². The first-order chi connectivity index (χ1) is 8.42. The number of ether oxygens (including phenoxy) is 1. The molecule has 1 fully saturated rings. The number of likely N-dealkylation sites (N-methyl/N-ethyl adjacent to an activating group) is 1. The molecule has 7 heteroatoms. The van der Waals surface area contributed by atoms with E-state index in [4.69, 9.17) is 4.74 Å². The van der Waals surface area contributed by atoms with Crippen molar-refractivity contribution >= 4 is 10.0 Å². The van der Waals surface area contributed by atoms with Gasteiger partial charge in [0, 0.05) is 33.7 Å². The molecule has 0 bridgehead atoms. The lowest BCUT2D eigenvalue weighted by Crippen LogP contribution is -2.45. The first-order valence-electron chi connectivity index (χ1n) is 6.33. The molecule has 0 radical (unpaired) electrons. The zero-order valence-electron chi connectivity index (χ0n) is 11.6. The highest BCUT2D eigenvalue weighted by atomic mass is 32.2. The zero-order chi connectivity index (χ0) is 13.6. The molecule has 1 saturated heterocycles. The molecule has 1 atom stereocenters. The molecule has 0 unspecified atom stereocenters. The first-order valence-corrected chi connectivity index (χ1v) is 7.94. The van der Waals surface area contributed by atoms with E-state index in [9.17, 15) is 8.42 Å². The van der Waals surface area contributed by atoms with Crippen LogP contribution in [0.1, 0.15) is 6.42 Å². The summed E-state index contributed by atoms with van der Waals surface area (Å²) >= 11 is 0. The largest absolute Gasteiger partial charge is 0.374 e. The van der Waals surface area contributed by atoms with Crippen molar-refractivity contribution in [1.29, 1.82) is 0 Å². The molecule has 1 N–H and O–H groups in total. The van der Waals surface area contributed by atoms with Gasteiger partial charge >= 0.3 is 0 Å². The van der Waals surface area contributed by atoms with Crippen LogP contribution in [0.25, 0.3) is 0 Å². The number of nitrogens with zero attached hydrogens (tertiary/aromatic N) is 2. The number of nitrogens with one attached hydrogen (secondary N) is 1. The first kappa shape index (κ1) is 15.8. The highest BCUT2D eigenvalue weighted by Crippen LogP contribution is 2.01. The monoisotopic (exact) mass is 279 g/mol. The Labute approximate surface area is 110 Å². The highest BCUT2D eigenvalue weighted by Gasteiger charge is 2.17. The van der Waals surface area contributed by atoms with E-state index < -0.39 is 10.0 Å². The molecule has 6 nitrogen and oxygen atoms in total. The second kappa shape index (κ2) is 7.40. The molecule has 0 aromatic rings. The van der Waals surface area contributed by atoms with Gasteiger partial charge in [-0.3, -0.25) is 0 Å². The van der Waals surface area contributed by atoms with E-state index in [1.54, 1.807) is 14.1 Å². The number of sulfonamides is 1. The van der Waals surface area contributed by atoms with Gasteiger partial charge in [0.2, 0.25) is 10.0 Å². The number of morpholine rings is 1. The smallest absolute Gasteiger partial charge is 0.213 e. The maximum atomic E-state index is 11.5. The summed E-state index contributed by atoms with van der Waals surface area (Å²) in [4.78, 5) is 2.24. The fraction of sp³-hybridized carbons (Fsp3) is 1.00. The topological polar surface area (TPSA) is 61.9 Å². The Kier molecular flexibility index (Phi) is 6.51. The predicted molar refractivity (Wildman–Crippen MR) is 72.2 cm³/mol. The van der Waals surface area contributed by atoms with Gasteiger partial charge in [-0.25, -0.2) is 12.7 Å².